The summed E-state index contributed by atoms with van der Waals surface area (Å²) in [4.78, 5) is 14.7. The highest BCUT2D eigenvalue weighted by molar-refractivity contribution is 6.51. The Hall–Kier alpha value is 0.0500. The maximum absolute atomic E-state index is 12.7. The number of carbonyl (C=O) groups is 1. The van der Waals surface area contributed by atoms with Crippen LogP contribution in [0.15, 0.2) is 0 Å². The first kappa shape index (κ1) is 14.0. The fourth-order valence-electron chi connectivity index (χ4n) is 4.27. The molecule has 1 heterocycles. The summed E-state index contributed by atoms with van der Waals surface area (Å²) in [5.41, 5.74) is 0. The van der Waals surface area contributed by atoms with Gasteiger partial charge >= 0.3 is 0 Å². The van der Waals surface area contributed by atoms with Gasteiger partial charge in [-0.15, -0.1) is 23.2 Å². The summed E-state index contributed by atoms with van der Waals surface area (Å²) < 4.78 is -0.565. The van der Waals surface area contributed by atoms with Gasteiger partial charge in [0.25, 0.3) is 0 Å². The Morgan fingerprint density at radius 1 is 1.26 bits per heavy atom. The minimum Gasteiger partial charge on any atom is -0.339 e. The molecule has 0 N–H and O–H groups in total. The van der Waals surface area contributed by atoms with E-state index in [-0.39, 0.29) is 12.0 Å². The summed E-state index contributed by atoms with van der Waals surface area (Å²) in [7, 11) is 0. The number of piperidine rings is 1. The molecule has 3 rings (SSSR count). The molecule has 1 amide bonds. The van der Waals surface area contributed by atoms with Gasteiger partial charge in [-0.3, -0.25) is 4.79 Å². The predicted octanol–water partition coefficient (Wildman–Crippen LogP) is 3.85. The quantitative estimate of drug-likeness (QED) is 0.710. The Bertz CT molecular complexity index is 378. The Labute approximate surface area is 125 Å². The molecular formula is C15H23Cl2NO. The van der Waals surface area contributed by atoms with Gasteiger partial charge in [0.15, 0.2) is 0 Å². The molecule has 0 aromatic carbocycles. The van der Waals surface area contributed by atoms with Crippen LogP contribution in [0.25, 0.3) is 0 Å². The van der Waals surface area contributed by atoms with Crippen molar-refractivity contribution in [1.29, 1.82) is 0 Å². The molecule has 0 radical (unpaired) electrons. The van der Waals surface area contributed by atoms with Crippen LogP contribution in [0.3, 0.4) is 0 Å². The minimum absolute atomic E-state index is 0.167. The van der Waals surface area contributed by atoms with Crippen molar-refractivity contribution >= 4 is 29.1 Å². The van der Waals surface area contributed by atoms with E-state index in [4.69, 9.17) is 23.2 Å². The van der Waals surface area contributed by atoms with Crippen LogP contribution in [0, 0.1) is 23.7 Å². The molecule has 1 saturated heterocycles. The van der Waals surface area contributed by atoms with E-state index in [0.29, 0.717) is 23.7 Å². The highest BCUT2D eigenvalue weighted by Gasteiger charge is 2.70. The number of hydrogen-bond acceptors (Lipinski definition) is 1. The van der Waals surface area contributed by atoms with Gasteiger partial charge in [0.05, 0.1) is 0 Å². The van der Waals surface area contributed by atoms with Crippen molar-refractivity contribution in [2.45, 2.75) is 56.3 Å². The van der Waals surface area contributed by atoms with Gasteiger partial charge < -0.3 is 4.90 Å². The van der Waals surface area contributed by atoms with E-state index in [1.165, 1.54) is 32.1 Å². The van der Waals surface area contributed by atoms with Crippen molar-refractivity contribution in [3.8, 4) is 0 Å². The number of hydrogen-bond donors (Lipinski definition) is 0. The number of fused-ring (bicyclic) bond motifs is 1. The first-order chi connectivity index (χ1) is 8.94. The number of amides is 1. The molecule has 3 aliphatic rings. The van der Waals surface area contributed by atoms with Gasteiger partial charge in [-0.1, -0.05) is 26.2 Å². The van der Waals surface area contributed by atoms with E-state index < -0.39 is 4.33 Å². The topological polar surface area (TPSA) is 20.3 Å². The summed E-state index contributed by atoms with van der Waals surface area (Å²) in [6, 6.07) is 0.207. The molecule has 108 valence electrons. The molecule has 2 saturated carbocycles. The molecule has 0 spiro atoms. The first-order valence-electron chi connectivity index (χ1n) is 7.63. The second kappa shape index (κ2) is 4.80. The molecular weight excluding hydrogens is 281 g/mol. The van der Waals surface area contributed by atoms with Gasteiger partial charge in [-0.2, -0.15) is 0 Å². The van der Waals surface area contributed by atoms with Crippen molar-refractivity contribution in [3.63, 3.8) is 0 Å². The van der Waals surface area contributed by atoms with Gasteiger partial charge in [-0.25, -0.2) is 0 Å². The second-order valence-electron chi connectivity index (χ2n) is 6.72. The summed E-state index contributed by atoms with van der Waals surface area (Å²) in [5.74, 6) is 1.67. The number of halogens is 2. The van der Waals surface area contributed by atoms with E-state index in [1.54, 1.807) is 0 Å². The average molecular weight is 304 g/mol. The average Bonchev–Trinajstić information content (AvgIpc) is 2.76. The highest BCUT2D eigenvalue weighted by Crippen LogP contribution is 2.65. The fourth-order valence-corrected chi connectivity index (χ4v) is 5.22. The molecule has 2 nitrogen and oxygen atoms in total. The largest absolute Gasteiger partial charge is 0.339 e. The SMILES string of the molecule is CC(C(=O)N1CC2C(C1C)C2(Cl)Cl)C1CCCCC1. The van der Waals surface area contributed by atoms with Gasteiger partial charge in [0, 0.05) is 30.3 Å². The lowest BCUT2D eigenvalue weighted by Crippen LogP contribution is -2.44. The molecule has 19 heavy (non-hydrogen) atoms. The van der Waals surface area contributed by atoms with Crippen molar-refractivity contribution in [2.24, 2.45) is 23.7 Å². The van der Waals surface area contributed by atoms with Crippen molar-refractivity contribution in [2.75, 3.05) is 6.54 Å². The standard InChI is InChI=1S/C15H23Cl2NO/c1-9(11-6-4-3-5-7-11)14(19)18-8-12-13(10(18)2)15(12,16)17/h9-13H,3-8H2,1-2H3. The molecule has 1 aliphatic heterocycles. The Morgan fingerprint density at radius 2 is 1.89 bits per heavy atom. The third kappa shape index (κ3) is 2.19. The number of nitrogens with zero attached hydrogens (tertiary/aromatic N) is 1. The lowest BCUT2D eigenvalue weighted by atomic mass is 9.80. The second-order valence-corrected chi connectivity index (χ2v) is 8.17. The smallest absolute Gasteiger partial charge is 0.225 e. The Morgan fingerprint density at radius 3 is 2.42 bits per heavy atom. The molecule has 3 fully saturated rings. The lowest BCUT2D eigenvalue weighted by Gasteiger charge is -2.33. The van der Waals surface area contributed by atoms with Crippen LogP contribution in [-0.4, -0.2) is 27.7 Å². The third-order valence-corrected chi connectivity index (χ3v) is 6.76. The van der Waals surface area contributed by atoms with Crippen LogP contribution in [0.5, 0.6) is 0 Å². The molecule has 0 aromatic heterocycles. The van der Waals surface area contributed by atoms with Crippen LogP contribution in [0.1, 0.15) is 46.0 Å². The summed E-state index contributed by atoms with van der Waals surface area (Å²) >= 11 is 12.5. The van der Waals surface area contributed by atoms with E-state index in [1.807, 2.05) is 4.90 Å². The monoisotopic (exact) mass is 303 g/mol. The third-order valence-electron chi connectivity index (χ3n) is 5.70. The predicted molar refractivity (Wildman–Crippen MR) is 78.3 cm³/mol. The molecule has 0 aromatic rings. The zero-order chi connectivity index (χ0) is 13.8. The van der Waals surface area contributed by atoms with Gasteiger partial charge in [0.2, 0.25) is 5.91 Å². The van der Waals surface area contributed by atoms with Crippen molar-refractivity contribution in [3.05, 3.63) is 0 Å². The van der Waals surface area contributed by atoms with E-state index in [2.05, 4.69) is 13.8 Å². The summed E-state index contributed by atoms with van der Waals surface area (Å²) in [5, 5.41) is 0. The molecule has 0 bridgehead atoms. The zero-order valence-corrected chi connectivity index (χ0v) is 13.3. The molecule has 4 unspecified atom stereocenters. The normalized spacial score (nSPS) is 38.9. The maximum Gasteiger partial charge on any atom is 0.225 e. The summed E-state index contributed by atoms with van der Waals surface area (Å²) in [6.45, 7) is 4.97. The number of alkyl halides is 2. The molecule has 2 aliphatic carbocycles. The number of carbonyl (C=O) groups excluding carboxylic acids is 1. The van der Waals surface area contributed by atoms with E-state index in [0.717, 1.165) is 6.54 Å². The fraction of sp³-hybridized carbons (Fsp3) is 0.933. The number of likely N-dealkylation sites (tertiary alicyclic amines) is 1. The molecule has 4 heteroatoms. The highest BCUT2D eigenvalue weighted by atomic mass is 35.5. The summed E-state index contributed by atoms with van der Waals surface area (Å²) in [6.07, 6.45) is 6.35. The van der Waals surface area contributed by atoms with E-state index in [9.17, 15) is 4.79 Å². The Balaban J connectivity index is 1.62. The first-order valence-corrected chi connectivity index (χ1v) is 8.38. The lowest BCUT2D eigenvalue weighted by molar-refractivity contribution is -0.138. The van der Waals surface area contributed by atoms with Crippen molar-refractivity contribution < 1.29 is 4.79 Å². The number of rotatable bonds is 2. The van der Waals surface area contributed by atoms with Crippen molar-refractivity contribution in [1.82, 2.24) is 4.90 Å². The van der Waals surface area contributed by atoms with Crippen LogP contribution >= 0.6 is 23.2 Å². The van der Waals surface area contributed by atoms with Gasteiger partial charge in [-0.05, 0) is 25.7 Å². The minimum atomic E-state index is -0.565. The van der Waals surface area contributed by atoms with Crippen LogP contribution < -0.4 is 0 Å². The van der Waals surface area contributed by atoms with E-state index >= 15 is 0 Å². The van der Waals surface area contributed by atoms with Gasteiger partial charge in [0.1, 0.15) is 4.33 Å². The maximum atomic E-state index is 12.7. The molecule has 4 atom stereocenters. The van der Waals surface area contributed by atoms with Crippen LogP contribution in [0.4, 0.5) is 0 Å². The Kier molecular flexibility index (Phi) is 3.54. The van der Waals surface area contributed by atoms with Crippen LogP contribution in [-0.2, 0) is 4.79 Å². The zero-order valence-electron chi connectivity index (χ0n) is 11.7. The van der Waals surface area contributed by atoms with Crippen LogP contribution in [0.2, 0.25) is 0 Å².